The molecular formula is C26H43N5O7. The van der Waals surface area contributed by atoms with E-state index in [9.17, 15) is 34.5 Å². The summed E-state index contributed by atoms with van der Waals surface area (Å²) < 4.78 is 0. The van der Waals surface area contributed by atoms with Crippen LogP contribution in [0.2, 0.25) is 0 Å². The van der Waals surface area contributed by atoms with Gasteiger partial charge >= 0.3 is 17.9 Å². The first-order valence-corrected chi connectivity index (χ1v) is 13.9. The molecule has 4 bridgehead atoms. The predicted octanol–water partition coefficient (Wildman–Crippen LogP) is -0.453. The average Bonchev–Trinajstić information content (AvgIpc) is 2.78. The molecule has 12 nitrogen and oxygen atoms in total. The smallest absolute Gasteiger partial charge is 0.317 e. The quantitative estimate of drug-likeness (QED) is 0.302. The minimum absolute atomic E-state index is 0.0127. The topological polar surface area (TPSA) is 154 Å². The van der Waals surface area contributed by atoms with E-state index in [4.69, 9.17) is 0 Å². The van der Waals surface area contributed by atoms with Gasteiger partial charge in [0.15, 0.2) is 0 Å². The summed E-state index contributed by atoms with van der Waals surface area (Å²) in [5, 5.41) is 31.5. The second-order valence-corrected chi connectivity index (χ2v) is 12.0. The third-order valence-corrected chi connectivity index (χ3v) is 8.82. The van der Waals surface area contributed by atoms with E-state index in [1.807, 2.05) is 4.90 Å². The Kier molecular flexibility index (Phi) is 9.61. The minimum Gasteiger partial charge on any atom is -0.480 e. The highest BCUT2D eigenvalue weighted by Gasteiger charge is 2.51. The van der Waals surface area contributed by atoms with Crippen LogP contribution in [0, 0.1) is 17.8 Å². The van der Waals surface area contributed by atoms with Crippen molar-refractivity contribution in [3.8, 4) is 0 Å². The predicted molar refractivity (Wildman–Crippen MR) is 138 cm³/mol. The van der Waals surface area contributed by atoms with E-state index >= 15 is 0 Å². The molecule has 12 heteroatoms. The summed E-state index contributed by atoms with van der Waals surface area (Å²) in [6, 6.07) is 0. The molecular weight excluding hydrogens is 494 g/mol. The van der Waals surface area contributed by atoms with Crippen LogP contribution in [0.25, 0.3) is 0 Å². The maximum atomic E-state index is 13.3. The molecule has 0 aromatic rings. The van der Waals surface area contributed by atoms with Crippen LogP contribution in [-0.2, 0) is 19.2 Å². The number of carbonyl (C=O) groups is 4. The summed E-state index contributed by atoms with van der Waals surface area (Å²) >= 11 is 0. The third-order valence-electron chi connectivity index (χ3n) is 8.82. The van der Waals surface area contributed by atoms with Crippen LogP contribution in [0.3, 0.4) is 0 Å². The van der Waals surface area contributed by atoms with Gasteiger partial charge < -0.3 is 20.6 Å². The van der Waals surface area contributed by atoms with Crippen LogP contribution >= 0.6 is 0 Å². The highest BCUT2D eigenvalue weighted by molar-refractivity contribution is 5.79. The van der Waals surface area contributed by atoms with Crippen molar-refractivity contribution in [3.63, 3.8) is 0 Å². The lowest BCUT2D eigenvalue weighted by Crippen LogP contribution is -2.61. The molecule has 1 heterocycles. The van der Waals surface area contributed by atoms with Gasteiger partial charge in [-0.15, -0.1) is 0 Å². The molecule has 0 aromatic heterocycles. The Bertz CT molecular complexity index is 817. The van der Waals surface area contributed by atoms with Crippen LogP contribution < -0.4 is 5.32 Å². The van der Waals surface area contributed by atoms with Gasteiger partial charge in [0.25, 0.3) is 0 Å². The first kappa shape index (κ1) is 28.7. The summed E-state index contributed by atoms with van der Waals surface area (Å²) in [5.74, 6) is -0.750. The molecule has 5 fully saturated rings. The Morgan fingerprint density at radius 1 is 0.553 bits per heavy atom. The Hall–Kier alpha value is -2.28. The summed E-state index contributed by atoms with van der Waals surface area (Å²) in [4.78, 5) is 54.8. The molecule has 4 N–H and O–H groups in total. The molecule has 0 atom stereocenters. The first-order valence-electron chi connectivity index (χ1n) is 13.9. The average molecular weight is 538 g/mol. The number of aliphatic carboxylic acids is 3. The van der Waals surface area contributed by atoms with Crippen LogP contribution in [0.15, 0.2) is 0 Å². The minimum atomic E-state index is -0.983. The molecule has 0 spiro atoms. The number of carboxylic acids is 3. The van der Waals surface area contributed by atoms with E-state index in [1.54, 1.807) is 14.7 Å². The molecule has 1 aliphatic heterocycles. The molecule has 5 rings (SSSR count). The van der Waals surface area contributed by atoms with Crippen LogP contribution in [0.1, 0.15) is 38.5 Å². The number of carbonyl (C=O) groups excluding carboxylic acids is 1. The van der Waals surface area contributed by atoms with Crippen molar-refractivity contribution in [2.75, 3.05) is 78.5 Å². The fourth-order valence-electron chi connectivity index (χ4n) is 7.59. The van der Waals surface area contributed by atoms with E-state index in [2.05, 4.69) is 5.32 Å². The van der Waals surface area contributed by atoms with E-state index in [0.717, 1.165) is 37.0 Å². The van der Waals surface area contributed by atoms with Crippen LogP contribution in [-0.4, -0.2) is 143 Å². The lowest BCUT2D eigenvalue weighted by Gasteiger charge is -2.57. The maximum absolute atomic E-state index is 13.3. The van der Waals surface area contributed by atoms with Gasteiger partial charge in [0.2, 0.25) is 5.91 Å². The summed E-state index contributed by atoms with van der Waals surface area (Å²) in [7, 11) is 0. The normalized spacial score (nSPS) is 31.8. The first-order chi connectivity index (χ1) is 18.1. The summed E-state index contributed by atoms with van der Waals surface area (Å²) in [5.41, 5.74) is -0.0867. The molecule has 0 aromatic carbocycles. The lowest BCUT2D eigenvalue weighted by atomic mass is 9.53. The summed E-state index contributed by atoms with van der Waals surface area (Å²) in [6.45, 7) is 2.85. The lowest BCUT2D eigenvalue weighted by molar-refractivity contribution is -0.140. The molecule has 38 heavy (non-hydrogen) atoms. The fraction of sp³-hybridized carbons (Fsp3) is 0.846. The standard InChI is InChI=1S/C26H43N5O7/c32-22(27-26-12-19-9-20(13-26)11-21(10-19)14-26)15-28-1-3-29(16-23(33)34)5-7-31(18-25(37)38)8-6-30(4-2-28)17-24(35)36/h19-21H,1-18H2,(H,27,32)(H,33,34)(H,35,36)(H,37,38). The van der Waals surface area contributed by atoms with E-state index < -0.39 is 17.9 Å². The molecule has 1 amide bonds. The van der Waals surface area contributed by atoms with Gasteiger partial charge in [-0.2, -0.15) is 0 Å². The molecule has 4 aliphatic carbocycles. The van der Waals surface area contributed by atoms with E-state index in [1.165, 1.54) is 19.3 Å². The van der Waals surface area contributed by atoms with Crippen molar-refractivity contribution in [2.24, 2.45) is 17.8 Å². The second-order valence-electron chi connectivity index (χ2n) is 12.0. The van der Waals surface area contributed by atoms with Gasteiger partial charge in [-0.3, -0.25) is 38.8 Å². The molecule has 214 valence electrons. The number of amides is 1. The molecule has 0 radical (unpaired) electrons. The van der Waals surface area contributed by atoms with E-state index in [0.29, 0.717) is 52.4 Å². The van der Waals surface area contributed by atoms with Crippen molar-refractivity contribution in [2.45, 2.75) is 44.1 Å². The van der Waals surface area contributed by atoms with Crippen molar-refractivity contribution in [1.82, 2.24) is 24.9 Å². The maximum Gasteiger partial charge on any atom is 0.317 e. The fourth-order valence-corrected chi connectivity index (χ4v) is 7.59. The van der Waals surface area contributed by atoms with Crippen molar-refractivity contribution in [1.29, 1.82) is 0 Å². The number of hydrogen-bond acceptors (Lipinski definition) is 8. The number of carboxylic acid groups (broad SMARTS) is 3. The zero-order valence-corrected chi connectivity index (χ0v) is 22.2. The van der Waals surface area contributed by atoms with Gasteiger partial charge in [0.05, 0.1) is 26.2 Å². The highest BCUT2D eigenvalue weighted by atomic mass is 16.4. The number of rotatable bonds is 9. The van der Waals surface area contributed by atoms with Crippen LogP contribution in [0.5, 0.6) is 0 Å². The van der Waals surface area contributed by atoms with Crippen molar-refractivity contribution < 1.29 is 34.5 Å². The van der Waals surface area contributed by atoms with Gasteiger partial charge in [0, 0.05) is 57.9 Å². The second kappa shape index (κ2) is 12.7. The SMILES string of the molecule is O=C(O)CN1CCN(CC(=O)O)CCN(CC(=O)NC23CC4CC(CC(C4)C2)C3)CCN(CC(=O)O)CC1. The Balaban J connectivity index is 1.41. The molecule has 4 saturated carbocycles. The molecule has 1 saturated heterocycles. The van der Waals surface area contributed by atoms with Gasteiger partial charge in [-0.1, -0.05) is 0 Å². The zero-order chi connectivity index (χ0) is 27.3. The summed E-state index contributed by atoms with van der Waals surface area (Å²) in [6.07, 6.45) is 7.08. The van der Waals surface area contributed by atoms with Crippen LogP contribution in [0.4, 0.5) is 0 Å². The van der Waals surface area contributed by atoms with Gasteiger partial charge in [-0.25, -0.2) is 0 Å². The third kappa shape index (κ3) is 8.36. The Morgan fingerprint density at radius 2 is 0.842 bits per heavy atom. The Morgan fingerprint density at radius 3 is 1.13 bits per heavy atom. The number of nitrogens with one attached hydrogen (secondary N) is 1. The molecule has 5 aliphatic rings. The van der Waals surface area contributed by atoms with Crippen molar-refractivity contribution in [3.05, 3.63) is 0 Å². The number of hydrogen-bond donors (Lipinski definition) is 4. The molecule has 0 unspecified atom stereocenters. The van der Waals surface area contributed by atoms with Gasteiger partial charge in [-0.05, 0) is 56.3 Å². The largest absolute Gasteiger partial charge is 0.480 e. The zero-order valence-electron chi connectivity index (χ0n) is 22.2. The van der Waals surface area contributed by atoms with Crippen molar-refractivity contribution >= 4 is 23.8 Å². The van der Waals surface area contributed by atoms with E-state index in [-0.39, 0.29) is 37.6 Å². The number of nitrogens with zero attached hydrogens (tertiary/aromatic N) is 4. The monoisotopic (exact) mass is 537 g/mol. The van der Waals surface area contributed by atoms with Gasteiger partial charge in [0.1, 0.15) is 0 Å². The highest BCUT2D eigenvalue weighted by Crippen LogP contribution is 2.55. The Labute approximate surface area is 223 Å².